The molecule has 4 rings (SSSR count). The summed E-state index contributed by atoms with van der Waals surface area (Å²) < 4.78 is 27.3. The van der Waals surface area contributed by atoms with Crippen molar-refractivity contribution in [3.05, 3.63) is 99.5 Å². The summed E-state index contributed by atoms with van der Waals surface area (Å²) in [5.41, 5.74) is 2.61. The van der Waals surface area contributed by atoms with E-state index in [1.165, 1.54) is 4.90 Å². The van der Waals surface area contributed by atoms with Crippen LogP contribution in [0.5, 0.6) is 0 Å². The first-order chi connectivity index (χ1) is 21.2. The second-order valence-corrected chi connectivity index (χ2v) is 15.6. The first-order valence-electron chi connectivity index (χ1n) is 15.4. The number of nitrogens with zero attached hydrogens (tertiary/aromatic N) is 2. The Hall–Kier alpha value is -3.07. The molecule has 45 heavy (non-hydrogen) atoms. The predicted octanol–water partition coefficient (Wildman–Crippen LogP) is 7.15. The Bertz CT molecular complexity index is 1550. The molecule has 2 amide bonds. The van der Waals surface area contributed by atoms with Crippen LogP contribution >= 0.6 is 23.2 Å². The number of hydrogen-bond acceptors (Lipinski definition) is 4. The summed E-state index contributed by atoms with van der Waals surface area (Å²) in [6, 6.07) is 20.8. The van der Waals surface area contributed by atoms with Gasteiger partial charge < -0.3 is 10.2 Å². The fraction of sp³-hybridized carbons (Fsp3) is 0.429. The zero-order valence-electron chi connectivity index (χ0n) is 26.4. The van der Waals surface area contributed by atoms with Gasteiger partial charge in [0.05, 0.1) is 11.9 Å². The summed E-state index contributed by atoms with van der Waals surface area (Å²) in [6.45, 7) is 5.64. The molecular weight excluding hydrogens is 629 g/mol. The number of carbonyl (C=O) groups excluding carboxylic acids is 2. The zero-order chi connectivity index (χ0) is 32.8. The van der Waals surface area contributed by atoms with Crippen molar-refractivity contribution >= 4 is 50.7 Å². The van der Waals surface area contributed by atoms with Crippen LogP contribution in [0.1, 0.15) is 69.6 Å². The number of sulfonamides is 1. The van der Waals surface area contributed by atoms with E-state index in [1.807, 2.05) is 42.5 Å². The molecule has 0 spiro atoms. The standard InChI is InChI=1S/C35H43Cl2N3O4S/c1-35(2,3)26-18-20-28(21-19-26)40(45(4,43)44)24-33(41)39(23-29-30(36)16-11-17-31(29)37)32(22-25-12-7-5-8-13-25)34(42)38-27-14-9-6-10-15-27/h5,7-8,11-13,16-21,27,32H,6,9-10,14-15,22-24H2,1-4H3,(H,38,42). The van der Waals surface area contributed by atoms with Crippen LogP contribution in [0.15, 0.2) is 72.8 Å². The lowest BCUT2D eigenvalue weighted by Crippen LogP contribution is -2.55. The van der Waals surface area contributed by atoms with Crippen molar-refractivity contribution in [2.45, 2.75) is 83.3 Å². The molecule has 1 atom stereocenters. The average Bonchev–Trinajstić information content (AvgIpc) is 2.99. The van der Waals surface area contributed by atoms with Gasteiger partial charge in [-0.3, -0.25) is 13.9 Å². The molecular formula is C35H43Cl2N3O4S. The number of amides is 2. The summed E-state index contributed by atoms with van der Waals surface area (Å²) in [7, 11) is -3.88. The van der Waals surface area contributed by atoms with Crippen molar-refractivity contribution in [2.75, 3.05) is 17.1 Å². The summed E-state index contributed by atoms with van der Waals surface area (Å²) in [5.74, 6) is -0.834. The van der Waals surface area contributed by atoms with E-state index >= 15 is 0 Å². The second-order valence-electron chi connectivity index (χ2n) is 12.8. The quantitative estimate of drug-likeness (QED) is 0.235. The fourth-order valence-corrected chi connectivity index (χ4v) is 7.06. The number of anilines is 1. The normalized spacial score (nSPS) is 14.9. The van der Waals surface area contributed by atoms with Gasteiger partial charge in [0.25, 0.3) is 0 Å². The topological polar surface area (TPSA) is 86.8 Å². The number of halogens is 2. The summed E-state index contributed by atoms with van der Waals surface area (Å²) in [5, 5.41) is 3.90. The predicted molar refractivity (Wildman–Crippen MR) is 183 cm³/mol. The first-order valence-corrected chi connectivity index (χ1v) is 18.0. The van der Waals surface area contributed by atoms with E-state index in [1.54, 1.807) is 30.3 Å². The van der Waals surface area contributed by atoms with Crippen LogP contribution in [0, 0.1) is 0 Å². The fourth-order valence-electron chi connectivity index (χ4n) is 5.69. The number of hydrogen-bond donors (Lipinski definition) is 1. The Morgan fingerprint density at radius 2 is 1.49 bits per heavy atom. The van der Waals surface area contributed by atoms with E-state index in [-0.39, 0.29) is 30.3 Å². The highest BCUT2D eigenvalue weighted by molar-refractivity contribution is 7.92. The van der Waals surface area contributed by atoms with Gasteiger partial charge in [-0.05, 0) is 53.6 Å². The van der Waals surface area contributed by atoms with E-state index in [2.05, 4.69) is 26.1 Å². The minimum absolute atomic E-state index is 0.0132. The Balaban J connectivity index is 1.75. The van der Waals surface area contributed by atoms with Crippen LogP contribution in [0.4, 0.5) is 5.69 Å². The average molecular weight is 673 g/mol. The van der Waals surface area contributed by atoms with Crippen LogP contribution in [0.25, 0.3) is 0 Å². The largest absolute Gasteiger partial charge is 0.352 e. The van der Waals surface area contributed by atoms with Crippen molar-refractivity contribution in [2.24, 2.45) is 0 Å². The maximum atomic E-state index is 14.4. The minimum atomic E-state index is -3.88. The van der Waals surface area contributed by atoms with E-state index in [4.69, 9.17) is 23.2 Å². The van der Waals surface area contributed by atoms with Crippen LogP contribution < -0.4 is 9.62 Å². The molecule has 0 aromatic heterocycles. The maximum Gasteiger partial charge on any atom is 0.244 e. The van der Waals surface area contributed by atoms with E-state index in [0.29, 0.717) is 21.3 Å². The molecule has 0 saturated heterocycles. The summed E-state index contributed by atoms with van der Waals surface area (Å²) in [6.07, 6.45) is 6.25. The molecule has 1 N–H and O–H groups in total. The van der Waals surface area contributed by atoms with Crippen molar-refractivity contribution in [3.63, 3.8) is 0 Å². The molecule has 0 radical (unpaired) electrons. The van der Waals surface area contributed by atoms with Crippen LogP contribution in [0.3, 0.4) is 0 Å². The monoisotopic (exact) mass is 671 g/mol. The highest BCUT2D eigenvalue weighted by Gasteiger charge is 2.35. The lowest BCUT2D eigenvalue weighted by Gasteiger charge is -2.35. The molecule has 1 unspecified atom stereocenters. The second kappa shape index (κ2) is 15.0. The highest BCUT2D eigenvalue weighted by atomic mass is 35.5. The smallest absolute Gasteiger partial charge is 0.244 e. The van der Waals surface area contributed by atoms with Gasteiger partial charge >= 0.3 is 0 Å². The molecule has 242 valence electrons. The van der Waals surface area contributed by atoms with Crippen LogP contribution in [-0.2, 0) is 38.0 Å². The number of benzene rings is 3. The summed E-state index contributed by atoms with van der Waals surface area (Å²) >= 11 is 13.1. The van der Waals surface area contributed by atoms with Crippen molar-refractivity contribution in [1.82, 2.24) is 10.2 Å². The van der Waals surface area contributed by atoms with Crippen molar-refractivity contribution in [3.8, 4) is 0 Å². The number of rotatable bonds is 11. The van der Waals surface area contributed by atoms with Gasteiger partial charge in [0.2, 0.25) is 21.8 Å². The molecule has 3 aromatic rings. The molecule has 0 aliphatic heterocycles. The number of nitrogens with one attached hydrogen (secondary N) is 1. The van der Waals surface area contributed by atoms with Gasteiger partial charge in [-0.25, -0.2) is 8.42 Å². The van der Waals surface area contributed by atoms with Gasteiger partial charge in [-0.15, -0.1) is 0 Å². The molecule has 10 heteroatoms. The molecule has 1 aliphatic rings. The third-order valence-electron chi connectivity index (χ3n) is 8.31. The molecule has 7 nitrogen and oxygen atoms in total. The molecule has 1 saturated carbocycles. The molecule has 0 heterocycles. The molecule has 0 bridgehead atoms. The Kier molecular flexibility index (Phi) is 11.6. The van der Waals surface area contributed by atoms with E-state index in [0.717, 1.165) is 53.8 Å². The van der Waals surface area contributed by atoms with Gasteiger partial charge in [-0.1, -0.05) is 112 Å². The molecule has 1 aliphatic carbocycles. The Morgan fingerprint density at radius 1 is 0.889 bits per heavy atom. The lowest BCUT2D eigenvalue weighted by molar-refractivity contribution is -0.140. The SMILES string of the molecule is CC(C)(C)c1ccc(N(CC(=O)N(Cc2c(Cl)cccc2Cl)C(Cc2ccccc2)C(=O)NC2CCCCC2)S(C)(=O)=O)cc1. The molecule has 3 aromatic carbocycles. The third kappa shape index (κ3) is 9.47. The number of carbonyl (C=O) groups is 2. The van der Waals surface area contributed by atoms with Gasteiger partial charge in [0.1, 0.15) is 12.6 Å². The van der Waals surface area contributed by atoms with E-state index < -0.39 is 28.5 Å². The maximum absolute atomic E-state index is 14.4. The van der Waals surface area contributed by atoms with Gasteiger partial charge in [0, 0.05) is 34.6 Å². The third-order valence-corrected chi connectivity index (χ3v) is 10.2. The van der Waals surface area contributed by atoms with Crippen LogP contribution in [0.2, 0.25) is 10.0 Å². The lowest BCUT2D eigenvalue weighted by atomic mass is 9.87. The minimum Gasteiger partial charge on any atom is -0.352 e. The van der Waals surface area contributed by atoms with Crippen molar-refractivity contribution < 1.29 is 18.0 Å². The van der Waals surface area contributed by atoms with Gasteiger partial charge in [0.15, 0.2) is 0 Å². The summed E-state index contributed by atoms with van der Waals surface area (Å²) in [4.78, 5) is 29.9. The van der Waals surface area contributed by atoms with Crippen molar-refractivity contribution in [1.29, 1.82) is 0 Å². The zero-order valence-corrected chi connectivity index (χ0v) is 28.8. The molecule has 1 fully saturated rings. The van der Waals surface area contributed by atoms with Gasteiger partial charge in [-0.2, -0.15) is 0 Å². The van der Waals surface area contributed by atoms with Crippen LogP contribution in [-0.4, -0.2) is 50.0 Å². The Morgan fingerprint density at radius 3 is 2.04 bits per heavy atom. The highest BCUT2D eigenvalue weighted by Crippen LogP contribution is 2.29. The van der Waals surface area contributed by atoms with E-state index in [9.17, 15) is 18.0 Å². The Labute approximate surface area is 278 Å². The first kappa shape index (κ1) is 34.8.